The summed E-state index contributed by atoms with van der Waals surface area (Å²) in [7, 11) is 0. The summed E-state index contributed by atoms with van der Waals surface area (Å²) in [6.07, 6.45) is 0.927. The molecule has 0 aliphatic carbocycles. The topological polar surface area (TPSA) is 92.7 Å². The van der Waals surface area contributed by atoms with Crippen molar-refractivity contribution in [1.82, 2.24) is 5.32 Å². The van der Waals surface area contributed by atoms with Crippen molar-refractivity contribution in [3.8, 4) is 0 Å². The first-order valence-electron chi connectivity index (χ1n) is 7.70. The molecule has 0 aromatic heterocycles. The zero-order chi connectivity index (χ0) is 16.7. The molecule has 2 rings (SSSR count). The molecule has 1 fully saturated rings. The van der Waals surface area contributed by atoms with E-state index in [1.807, 2.05) is 6.07 Å². The molecule has 1 amide bonds. The highest BCUT2D eigenvalue weighted by molar-refractivity contribution is 5.97. The zero-order valence-electron chi connectivity index (χ0n) is 12.9. The molecule has 1 aliphatic heterocycles. The molecule has 0 radical (unpaired) electrons. The van der Waals surface area contributed by atoms with Crippen molar-refractivity contribution >= 4 is 17.7 Å². The van der Waals surface area contributed by atoms with E-state index in [1.165, 1.54) is 0 Å². The molecule has 2 N–H and O–H groups in total. The number of benzene rings is 1. The summed E-state index contributed by atoms with van der Waals surface area (Å²) in [4.78, 5) is 35.3. The van der Waals surface area contributed by atoms with E-state index in [0.717, 1.165) is 0 Å². The van der Waals surface area contributed by atoms with Gasteiger partial charge in [0.15, 0.2) is 5.78 Å². The molecule has 124 valence electrons. The third-order valence-corrected chi connectivity index (χ3v) is 4.20. The van der Waals surface area contributed by atoms with E-state index in [-0.39, 0.29) is 31.1 Å². The van der Waals surface area contributed by atoms with Gasteiger partial charge in [-0.2, -0.15) is 0 Å². The van der Waals surface area contributed by atoms with Crippen LogP contribution in [0.1, 0.15) is 36.0 Å². The summed E-state index contributed by atoms with van der Waals surface area (Å²) in [6.45, 7) is 0.841. The van der Waals surface area contributed by atoms with Crippen molar-refractivity contribution in [2.75, 3.05) is 19.8 Å². The maximum absolute atomic E-state index is 11.9. The molecule has 1 aromatic rings. The summed E-state index contributed by atoms with van der Waals surface area (Å²) >= 11 is 0. The lowest BCUT2D eigenvalue weighted by molar-refractivity contribution is -0.154. The minimum atomic E-state index is -0.961. The molecule has 1 heterocycles. The van der Waals surface area contributed by atoms with Gasteiger partial charge in [0.25, 0.3) is 0 Å². The Labute approximate surface area is 134 Å². The third-order valence-electron chi connectivity index (χ3n) is 4.20. The molecular formula is C17H21NO5. The van der Waals surface area contributed by atoms with Crippen molar-refractivity contribution < 1.29 is 24.2 Å². The van der Waals surface area contributed by atoms with Crippen molar-refractivity contribution in [3.63, 3.8) is 0 Å². The predicted molar refractivity (Wildman–Crippen MR) is 83.1 cm³/mol. The molecule has 1 aromatic carbocycles. The molecule has 6 nitrogen and oxygen atoms in total. The second kappa shape index (κ2) is 7.87. The van der Waals surface area contributed by atoms with Crippen LogP contribution in [0.3, 0.4) is 0 Å². The van der Waals surface area contributed by atoms with Gasteiger partial charge in [0.2, 0.25) is 5.91 Å². The lowest BCUT2D eigenvalue weighted by atomic mass is 9.80. The Morgan fingerprint density at radius 3 is 2.35 bits per heavy atom. The van der Waals surface area contributed by atoms with E-state index >= 15 is 0 Å². The van der Waals surface area contributed by atoms with E-state index in [2.05, 4.69) is 5.32 Å². The van der Waals surface area contributed by atoms with Crippen LogP contribution in [0.15, 0.2) is 30.3 Å². The number of carboxylic acids is 1. The summed E-state index contributed by atoms with van der Waals surface area (Å²) in [6, 6.07) is 8.79. The van der Waals surface area contributed by atoms with Crippen LogP contribution in [-0.4, -0.2) is 42.5 Å². The molecule has 0 saturated carbocycles. The third kappa shape index (κ3) is 4.63. The number of carbonyl (C=O) groups is 3. The van der Waals surface area contributed by atoms with Crippen LogP contribution >= 0.6 is 0 Å². The van der Waals surface area contributed by atoms with Crippen LogP contribution in [0, 0.1) is 5.41 Å². The Bertz CT molecular complexity index is 564. The number of hydrogen-bond acceptors (Lipinski definition) is 4. The maximum atomic E-state index is 11.9. The number of Topliss-reactive ketones (excluding diaryl/α,β-unsaturated/α-hetero) is 1. The second-order valence-corrected chi connectivity index (χ2v) is 5.76. The first-order chi connectivity index (χ1) is 11.0. The van der Waals surface area contributed by atoms with Gasteiger partial charge in [-0.1, -0.05) is 30.3 Å². The smallest absolute Gasteiger partial charge is 0.311 e. The molecule has 0 unspecified atom stereocenters. The molecule has 6 heteroatoms. The van der Waals surface area contributed by atoms with Crippen LogP contribution in [0.5, 0.6) is 0 Å². The van der Waals surface area contributed by atoms with Gasteiger partial charge in [-0.25, -0.2) is 0 Å². The van der Waals surface area contributed by atoms with Crippen LogP contribution in [0.4, 0.5) is 0 Å². The molecular weight excluding hydrogens is 298 g/mol. The second-order valence-electron chi connectivity index (χ2n) is 5.76. The number of ketones is 1. The number of nitrogens with one attached hydrogen (secondary N) is 1. The quantitative estimate of drug-likeness (QED) is 0.745. The zero-order valence-corrected chi connectivity index (χ0v) is 12.9. The minimum absolute atomic E-state index is 0.0555. The number of ether oxygens (including phenoxy) is 1. The van der Waals surface area contributed by atoms with E-state index < -0.39 is 11.4 Å². The van der Waals surface area contributed by atoms with Crippen LogP contribution < -0.4 is 5.32 Å². The van der Waals surface area contributed by atoms with E-state index in [4.69, 9.17) is 4.74 Å². The van der Waals surface area contributed by atoms with Crippen molar-refractivity contribution in [2.45, 2.75) is 25.7 Å². The number of hydrogen-bond donors (Lipinski definition) is 2. The Kier molecular flexibility index (Phi) is 5.87. The normalized spacial score (nSPS) is 16.5. The highest BCUT2D eigenvalue weighted by Gasteiger charge is 2.40. The first-order valence-corrected chi connectivity index (χ1v) is 7.70. The number of carbonyl (C=O) groups excluding carboxylic acids is 2. The lowest BCUT2D eigenvalue weighted by Gasteiger charge is -2.33. The van der Waals surface area contributed by atoms with Gasteiger partial charge in [0, 0.05) is 38.2 Å². The van der Waals surface area contributed by atoms with Gasteiger partial charge in [-0.15, -0.1) is 0 Å². The summed E-state index contributed by atoms with van der Waals surface area (Å²) in [5.41, 5.74) is -0.385. The monoisotopic (exact) mass is 319 g/mol. The fourth-order valence-electron chi connectivity index (χ4n) is 2.58. The largest absolute Gasteiger partial charge is 0.481 e. The Balaban J connectivity index is 1.80. The fourth-order valence-corrected chi connectivity index (χ4v) is 2.58. The van der Waals surface area contributed by atoms with Gasteiger partial charge in [0.1, 0.15) is 0 Å². The standard InChI is InChI=1S/C17H21NO5/c19-14(13-4-2-1-3-5-13)6-7-15(20)18-12-17(16(21)22)8-10-23-11-9-17/h1-5H,6-12H2,(H,18,20)(H,21,22). The van der Waals surface area contributed by atoms with Crippen molar-refractivity contribution in [2.24, 2.45) is 5.41 Å². The Morgan fingerprint density at radius 2 is 1.74 bits per heavy atom. The summed E-state index contributed by atoms with van der Waals surface area (Å²) < 4.78 is 5.19. The Morgan fingerprint density at radius 1 is 1.09 bits per heavy atom. The van der Waals surface area contributed by atoms with Gasteiger partial charge in [-0.3, -0.25) is 14.4 Å². The lowest BCUT2D eigenvalue weighted by Crippen LogP contribution is -2.46. The highest BCUT2D eigenvalue weighted by atomic mass is 16.5. The molecule has 0 spiro atoms. The van der Waals surface area contributed by atoms with Crippen molar-refractivity contribution in [3.05, 3.63) is 35.9 Å². The summed E-state index contributed by atoms with van der Waals surface area (Å²) in [5.74, 6) is -1.32. The van der Waals surface area contributed by atoms with E-state index in [9.17, 15) is 19.5 Å². The number of carboxylic acid groups (broad SMARTS) is 1. The number of rotatable bonds is 7. The molecule has 1 aliphatic rings. The molecule has 23 heavy (non-hydrogen) atoms. The minimum Gasteiger partial charge on any atom is -0.481 e. The first kappa shape index (κ1) is 17.1. The average molecular weight is 319 g/mol. The average Bonchev–Trinajstić information content (AvgIpc) is 2.59. The SMILES string of the molecule is O=C(CCC(=O)c1ccccc1)NCC1(C(=O)O)CCOCC1. The van der Waals surface area contributed by atoms with Crippen LogP contribution in [0.2, 0.25) is 0 Å². The molecule has 1 saturated heterocycles. The highest BCUT2D eigenvalue weighted by Crippen LogP contribution is 2.30. The molecule has 0 bridgehead atoms. The van der Waals surface area contributed by atoms with Crippen LogP contribution in [0.25, 0.3) is 0 Å². The fraction of sp³-hybridized carbons (Fsp3) is 0.471. The van der Waals surface area contributed by atoms with Gasteiger partial charge < -0.3 is 15.2 Å². The molecule has 0 atom stereocenters. The number of amides is 1. The van der Waals surface area contributed by atoms with E-state index in [1.54, 1.807) is 24.3 Å². The van der Waals surface area contributed by atoms with Gasteiger partial charge >= 0.3 is 5.97 Å². The van der Waals surface area contributed by atoms with Crippen LogP contribution in [-0.2, 0) is 14.3 Å². The maximum Gasteiger partial charge on any atom is 0.311 e. The van der Waals surface area contributed by atoms with Crippen molar-refractivity contribution in [1.29, 1.82) is 0 Å². The van der Waals surface area contributed by atoms with Gasteiger partial charge in [0.05, 0.1) is 5.41 Å². The van der Waals surface area contributed by atoms with E-state index in [0.29, 0.717) is 31.6 Å². The Hall–Kier alpha value is -2.21. The number of aliphatic carboxylic acids is 1. The predicted octanol–water partition coefficient (Wildman–Crippen LogP) is 1.65. The van der Waals surface area contributed by atoms with Gasteiger partial charge in [-0.05, 0) is 12.8 Å². The summed E-state index contributed by atoms with van der Waals surface area (Å²) in [5, 5.41) is 12.1.